The molecule has 27 heavy (non-hydrogen) atoms. The van der Waals surface area contributed by atoms with Gasteiger partial charge < -0.3 is 10.6 Å². The highest BCUT2D eigenvalue weighted by Crippen LogP contribution is 2.17. The van der Waals surface area contributed by atoms with E-state index in [1.807, 2.05) is 0 Å². The van der Waals surface area contributed by atoms with Gasteiger partial charge >= 0.3 is 0 Å². The standard InChI is InChI=1S/C20H16F3N3O/c21-14-5-6-18(17(23)11-14)26-20(27)19-12-15(8-10-25-19)24-9-7-13-3-1-2-4-16(13)22/h1-6,8,10-12H,7,9H2,(H,24,25)(H,26,27). The summed E-state index contributed by atoms with van der Waals surface area (Å²) in [5.41, 5.74) is 1.13. The summed E-state index contributed by atoms with van der Waals surface area (Å²) in [6.45, 7) is 0.457. The highest BCUT2D eigenvalue weighted by Gasteiger charge is 2.12. The van der Waals surface area contributed by atoms with Crippen molar-refractivity contribution in [3.05, 3.63) is 89.5 Å². The molecule has 2 aromatic carbocycles. The first kappa shape index (κ1) is 18.4. The third-order valence-corrected chi connectivity index (χ3v) is 3.85. The Balaban J connectivity index is 1.62. The summed E-state index contributed by atoms with van der Waals surface area (Å²) in [6.07, 6.45) is 1.90. The molecule has 0 unspecified atom stereocenters. The van der Waals surface area contributed by atoms with Gasteiger partial charge in [-0.1, -0.05) is 18.2 Å². The van der Waals surface area contributed by atoms with E-state index in [9.17, 15) is 18.0 Å². The molecule has 4 nitrogen and oxygen atoms in total. The molecule has 0 saturated carbocycles. The fourth-order valence-electron chi connectivity index (χ4n) is 2.48. The number of amides is 1. The molecule has 0 aliphatic carbocycles. The Morgan fingerprint density at radius 3 is 2.56 bits per heavy atom. The van der Waals surface area contributed by atoms with Crippen molar-refractivity contribution in [1.29, 1.82) is 0 Å². The van der Waals surface area contributed by atoms with E-state index < -0.39 is 17.5 Å². The summed E-state index contributed by atoms with van der Waals surface area (Å²) in [5.74, 6) is -2.50. The van der Waals surface area contributed by atoms with Crippen molar-refractivity contribution in [2.24, 2.45) is 0 Å². The van der Waals surface area contributed by atoms with Crippen LogP contribution in [0, 0.1) is 17.5 Å². The number of carbonyl (C=O) groups is 1. The van der Waals surface area contributed by atoms with Gasteiger partial charge in [-0.3, -0.25) is 9.78 Å². The van der Waals surface area contributed by atoms with Crippen LogP contribution >= 0.6 is 0 Å². The second-order valence-electron chi connectivity index (χ2n) is 5.78. The maximum atomic E-state index is 13.6. The number of nitrogens with one attached hydrogen (secondary N) is 2. The number of benzene rings is 2. The molecule has 0 aliphatic rings. The van der Waals surface area contributed by atoms with Crippen LogP contribution in [0.5, 0.6) is 0 Å². The molecule has 2 N–H and O–H groups in total. The predicted octanol–water partition coefficient (Wildman–Crippen LogP) is 4.41. The second kappa shape index (κ2) is 8.35. The van der Waals surface area contributed by atoms with Crippen LogP contribution in [0.25, 0.3) is 0 Å². The lowest BCUT2D eigenvalue weighted by atomic mass is 10.1. The minimum Gasteiger partial charge on any atom is -0.385 e. The van der Waals surface area contributed by atoms with Crippen molar-refractivity contribution in [1.82, 2.24) is 4.98 Å². The van der Waals surface area contributed by atoms with Crippen LogP contribution in [0.4, 0.5) is 24.5 Å². The molecule has 0 radical (unpaired) electrons. The summed E-state index contributed by atoms with van der Waals surface area (Å²) in [4.78, 5) is 16.2. The summed E-state index contributed by atoms with van der Waals surface area (Å²) in [6, 6.07) is 12.5. The van der Waals surface area contributed by atoms with Gasteiger partial charge in [-0.25, -0.2) is 13.2 Å². The summed E-state index contributed by atoms with van der Waals surface area (Å²) >= 11 is 0. The summed E-state index contributed by atoms with van der Waals surface area (Å²) in [7, 11) is 0. The van der Waals surface area contributed by atoms with Crippen LogP contribution in [-0.2, 0) is 6.42 Å². The van der Waals surface area contributed by atoms with Crippen molar-refractivity contribution in [3.8, 4) is 0 Å². The molecule has 3 rings (SSSR count). The lowest BCUT2D eigenvalue weighted by Crippen LogP contribution is -2.15. The van der Waals surface area contributed by atoms with Gasteiger partial charge in [-0.15, -0.1) is 0 Å². The first-order valence-electron chi connectivity index (χ1n) is 8.22. The topological polar surface area (TPSA) is 54.0 Å². The number of halogens is 3. The monoisotopic (exact) mass is 371 g/mol. The van der Waals surface area contributed by atoms with Gasteiger partial charge in [0, 0.05) is 24.5 Å². The molecule has 0 spiro atoms. The van der Waals surface area contributed by atoms with E-state index in [0.717, 1.165) is 12.1 Å². The van der Waals surface area contributed by atoms with Crippen LogP contribution in [-0.4, -0.2) is 17.4 Å². The number of hydrogen-bond donors (Lipinski definition) is 2. The Bertz CT molecular complexity index is 963. The molecule has 0 bridgehead atoms. The van der Waals surface area contributed by atoms with Crippen molar-refractivity contribution < 1.29 is 18.0 Å². The Morgan fingerprint density at radius 1 is 0.963 bits per heavy atom. The lowest BCUT2D eigenvalue weighted by molar-refractivity contribution is 0.102. The number of aromatic nitrogens is 1. The van der Waals surface area contributed by atoms with Crippen LogP contribution in [0.15, 0.2) is 60.8 Å². The van der Waals surface area contributed by atoms with E-state index >= 15 is 0 Å². The molecule has 138 valence electrons. The van der Waals surface area contributed by atoms with Crippen molar-refractivity contribution in [3.63, 3.8) is 0 Å². The lowest BCUT2D eigenvalue weighted by Gasteiger charge is -2.09. The molecule has 1 aromatic heterocycles. The quantitative estimate of drug-likeness (QED) is 0.675. The zero-order valence-electron chi connectivity index (χ0n) is 14.2. The van der Waals surface area contributed by atoms with E-state index in [1.54, 1.807) is 24.3 Å². The normalized spacial score (nSPS) is 10.5. The number of hydrogen-bond acceptors (Lipinski definition) is 3. The highest BCUT2D eigenvalue weighted by molar-refractivity contribution is 6.03. The van der Waals surface area contributed by atoms with Crippen molar-refractivity contribution in [2.75, 3.05) is 17.2 Å². The summed E-state index contributed by atoms with van der Waals surface area (Å²) < 4.78 is 40.2. The Hall–Kier alpha value is -3.35. The Kier molecular flexibility index (Phi) is 5.71. The average molecular weight is 371 g/mol. The van der Waals surface area contributed by atoms with Gasteiger partial charge in [0.25, 0.3) is 5.91 Å². The first-order valence-corrected chi connectivity index (χ1v) is 8.22. The first-order chi connectivity index (χ1) is 13.0. The average Bonchev–Trinajstić information content (AvgIpc) is 2.66. The molecule has 1 amide bonds. The summed E-state index contributed by atoms with van der Waals surface area (Å²) in [5, 5.41) is 5.44. The third kappa shape index (κ3) is 4.84. The van der Waals surface area contributed by atoms with Gasteiger partial charge in [-0.2, -0.15) is 0 Å². The van der Waals surface area contributed by atoms with E-state index in [-0.39, 0.29) is 17.2 Å². The molecule has 0 atom stereocenters. The molecule has 3 aromatic rings. The minimum absolute atomic E-state index is 0.0645. The Morgan fingerprint density at radius 2 is 1.78 bits per heavy atom. The van der Waals surface area contributed by atoms with Gasteiger partial charge in [0.05, 0.1) is 5.69 Å². The number of rotatable bonds is 6. The third-order valence-electron chi connectivity index (χ3n) is 3.85. The van der Waals surface area contributed by atoms with E-state index in [4.69, 9.17) is 0 Å². The fraction of sp³-hybridized carbons (Fsp3) is 0.100. The zero-order chi connectivity index (χ0) is 19.2. The predicted molar refractivity (Wildman–Crippen MR) is 97.1 cm³/mol. The van der Waals surface area contributed by atoms with Crippen molar-refractivity contribution >= 4 is 17.3 Å². The highest BCUT2D eigenvalue weighted by atomic mass is 19.1. The number of pyridine rings is 1. The van der Waals surface area contributed by atoms with Gasteiger partial charge in [0.2, 0.25) is 0 Å². The molecule has 1 heterocycles. The minimum atomic E-state index is -0.873. The smallest absolute Gasteiger partial charge is 0.274 e. The van der Waals surface area contributed by atoms with Crippen LogP contribution in [0.2, 0.25) is 0 Å². The maximum Gasteiger partial charge on any atom is 0.274 e. The van der Waals surface area contributed by atoms with Gasteiger partial charge in [0.1, 0.15) is 23.1 Å². The molecular formula is C20H16F3N3O. The SMILES string of the molecule is O=C(Nc1ccc(F)cc1F)c1cc(NCCc2ccccc2F)ccn1. The number of carbonyl (C=O) groups excluding carboxylic acids is 1. The molecule has 0 saturated heterocycles. The molecule has 0 aliphatic heterocycles. The van der Waals surface area contributed by atoms with Crippen LogP contribution in [0.3, 0.4) is 0 Å². The van der Waals surface area contributed by atoms with Crippen LogP contribution < -0.4 is 10.6 Å². The van der Waals surface area contributed by atoms with E-state index in [0.29, 0.717) is 30.3 Å². The maximum absolute atomic E-state index is 13.6. The van der Waals surface area contributed by atoms with Crippen LogP contribution in [0.1, 0.15) is 16.1 Å². The largest absolute Gasteiger partial charge is 0.385 e. The second-order valence-corrected chi connectivity index (χ2v) is 5.78. The van der Waals surface area contributed by atoms with Crippen molar-refractivity contribution in [2.45, 2.75) is 6.42 Å². The molecule has 0 fully saturated rings. The molecule has 7 heteroatoms. The Labute approximate surface area is 154 Å². The zero-order valence-corrected chi connectivity index (χ0v) is 14.2. The fourth-order valence-corrected chi connectivity index (χ4v) is 2.48. The number of nitrogens with zero attached hydrogens (tertiary/aromatic N) is 1. The van der Waals surface area contributed by atoms with Gasteiger partial charge in [-0.05, 0) is 42.3 Å². The number of anilines is 2. The van der Waals surface area contributed by atoms with E-state index in [1.165, 1.54) is 18.3 Å². The molecular weight excluding hydrogens is 355 g/mol. The van der Waals surface area contributed by atoms with E-state index in [2.05, 4.69) is 15.6 Å². The van der Waals surface area contributed by atoms with Gasteiger partial charge in [0.15, 0.2) is 0 Å².